The monoisotopic (exact) mass is 515 g/mol. The van der Waals surface area contributed by atoms with E-state index in [4.69, 9.17) is 4.74 Å². The molecule has 1 aliphatic heterocycles. The maximum Gasteiger partial charge on any atom is 0.336 e. The number of amides is 4. The van der Waals surface area contributed by atoms with E-state index in [0.29, 0.717) is 24.5 Å². The molecule has 1 aromatic heterocycles. The first-order valence-electron chi connectivity index (χ1n) is 12.7. The molecule has 0 spiro atoms. The number of fused-ring (bicyclic) bond motifs is 2. The first-order chi connectivity index (χ1) is 19.0. The van der Waals surface area contributed by atoms with Gasteiger partial charge in [0.2, 0.25) is 0 Å². The van der Waals surface area contributed by atoms with Gasteiger partial charge in [-0.3, -0.25) is 14.9 Å². The topological polar surface area (TPSA) is 80.6 Å². The van der Waals surface area contributed by atoms with E-state index >= 15 is 0 Å². The van der Waals surface area contributed by atoms with Crippen LogP contribution in [0, 0.1) is 0 Å². The summed E-state index contributed by atoms with van der Waals surface area (Å²) in [4.78, 5) is 40.2. The van der Waals surface area contributed by atoms with Crippen molar-refractivity contribution in [2.24, 2.45) is 0 Å². The summed E-state index contributed by atoms with van der Waals surface area (Å²) in [5, 5.41) is 5.54. The third-order valence-corrected chi connectivity index (χ3v) is 6.79. The number of anilines is 1. The minimum atomic E-state index is -0.812. The van der Waals surface area contributed by atoms with Gasteiger partial charge in [-0.05, 0) is 53.6 Å². The molecule has 1 N–H and O–H groups in total. The van der Waals surface area contributed by atoms with Gasteiger partial charge in [0.25, 0.3) is 11.8 Å². The Labute approximate surface area is 224 Å². The van der Waals surface area contributed by atoms with Crippen LogP contribution in [0.5, 0.6) is 5.75 Å². The van der Waals surface area contributed by atoms with Crippen LogP contribution in [0.1, 0.15) is 18.1 Å². The van der Waals surface area contributed by atoms with Crippen molar-refractivity contribution in [2.75, 3.05) is 11.5 Å². The quantitative estimate of drug-likeness (QED) is 0.225. The van der Waals surface area contributed by atoms with Gasteiger partial charge in [-0.25, -0.2) is 9.69 Å². The first-order valence-corrected chi connectivity index (χ1v) is 12.7. The Morgan fingerprint density at radius 3 is 2.44 bits per heavy atom. The number of carbonyl (C=O) groups excluding carboxylic acids is 3. The summed E-state index contributed by atoms with van der Waals surface area (Å²) >= 11 is 0. The van der Waals surface area contributed by atoms with E-state index in [-0.39, 0.29) is 11.3 Å². The molecule has 6 rings (SSSR count). The molecular formula is C32H25N3O4. The molecule has 7 heteroatoms. The molecule has 39 heavy (non-hydrogen) atoms. The summed E-state index contributed by atoms with van der Waals surface area (Å²) in [6.45, 7) is 2.79. The first kappa shape index (κ1) is 24.2. The second-order valence-corrected chi connectivity index (χ2v) is 9.27. The summed E-state index contributed by atoms with van der Waals surface area (Å²) in [5.41, 5.74) is 2.95. The van der Waals surface area contributed by atoms with E-state index in [1.54, 1.807) is 30.3 Å². The molecule has 0 radical (unpaired) electrons. The van der Waals surface area contributed by atoms with Crippen LogP contribution < -0.4 is 15.0 Å². The number of ether oxygens (including phenoxy) is 1. The highest BCUT2D eigenvalue weighted by Gasteiger charge is 2.38. The van der Waals surface area contributed by atoms with Crippen molar-refractivity contribution in [3.8, 4) is 5.75 Å². The number of hydrogen-bond acceptors (Lipinski definition) is 4. The maximum atomic E-state index is 13.6. The lowest BCUT2D eigenvalue weighted by molar-refractivity contribution is -0.122. The number of rotatable bonds is 6. The number of hydrogen-bond donors (Lipinski definition) is 1. The number of carbonyl (C=O) groups is 3. The third kappa shape index (κ3) is 4.44. The number of benzene rings is 4. The minimum Gasteiger partial charge on any atom is -0.492 e. The summed E-state index contributed by atoms with van der Waals surface area (Å²) < 4.78 is 7.73. The highest BCUT2D eigenvalue weighted by Crippen LogP contribution is 2.32. The SMILES string of the molecule is CCOc1ccccc1N1C(=O)NC(=O)/C(=C\c2cn(Cc3ccc4ccccc4c3)c3ccccc23)C1=O. The van der Waals surface area contributed by atoms with Crippen LogP contribution in [-0.4, -0.2) is 29.0 Å². The number of urea groups is 1. The van der Waals surface area contributed by atoms with Crippen LogP contribution in [0.25, 0.3) is 27.8 Å². The van der Waals surface area contributed by atoms with E-state index in [9.17, 15) is 14.4 Å². The predicted molar refractivity (Wildman–Crippen MR) is 152 cm³/mol. The average molecular weight is 516 g/mol. The van der Waals surface area contributed by atoms with Crippen molar-refractivity contribution in [1.29, 1.82) is 0 Å². The van der Waals surface area contributed by atoms with Gasteiger partial charge in [0.05, 0.1) is 12.3 Å². The lowest BCUT2D eigenvalue weighted by atomic mass is 10.1. The average Bonchev–Trinajstić information content (AvgIpc) is 3.29. The van der Waals surface area contributed by atoms with E-state index < -0.39 is 17.8 Å². The number of nitrogens with one attached hydrogen (secondary N) is 1. The molecule has 0 aliphatic carbocycles. The number of nitrogens with zero attached hydrogens (tertiary/aromatic N) is 2. The summed E-state index contributed by atoms with van der Waals surface area (Å²) in [7, 11) is 0. The Balaban J connectivity index is 1.40. The van der Waals surface area contributed by atoms with E-state index in [1.807, 2.05) is 49.5 Å². The standard InChI is InChI=1S/C32H25N3O4/c1-2-39-29-14-8-7-13-28(29)35-31(37)26(30(36)33-32(35)38)18-24-20-34(27-12-6-5-11-25(24)27)19-21-15-16-22-9-3-4-10-23(22)17-21/h3-18,20H,2,19H2,1H3,(H,33,36,38)/b26-18+. The number of aromatic nitrogens is 1. The van der Waals surface area contributed by atoms with Gasteiger partial charge in [0, 0.05) is 29.2 Å². The fourth-order valence-corrected chi connectivity index (χ4v) is 5.01. The molecule has 0 unspecified atom stereocenters. The van der Waals surface area contributed by atoms with E-state index in [0.717, 1.165) is 26.8 Å². The largest absolute Gasteiger partial charge is 0.492 e. The van der Waals surface area contributed by atoms with E-state index in [2.05, 4.69) is 40.2 Å². The molecule has 1 saturated heterocycles. The zero-order valence-electron chi connectivity index (χ0n) is 21.3. The number of imide groups is 2. The van der Waals surface area contributed by atoms with Crippen LogP contribution in [-0.2, 0) is 16.1 Å². The summed E-state index contributed by atoms with van der Waals surface area (Å²) in [5.74, 6) is -1.06. The zero-order valence-corrected chi connectivity index (χ0v) is 21.3. The molecule has 0 atom stereocenters. The van der Waals surface area contributed by atoms with Gasteiger partial charge in [-0.2, -0.15) is 0 Å². The van der Waals surface area contributed by atoms with Gasteiger partial charge in [0.1, 0.15) is 11.3 Å². The molecule has 1 fully saturated rings. The van der Waals surface area contributed by atoms with Gasteiger partial charge in [-0.1, -0.05) is 66.7 Å². The van der Waals surface area contributed by atoms with Crippen LogP contribution in [0.15, 0.2) is 103 Å². The van der Waals surface area contributed by atoms with Crippen molar-refractivity contribution < 1.29 is 19.1 Å². The molecule has 5 aromatic rings. The van der Waals surface area contributed by atoms with Crippen molar-refractivity contribution in [3.05, 3.63) is 114 Å². The van der Waals surface area contributed by atoms with Crippen molar-refractivity contribution >= 4 is 51.3 Å². The molecule has 0 bridgehead atoms. The minimum absolute atomic E-state index is 0.130. The maximum absolute atomic E-state index is 13.6. The van der Waals surface area contributed by atoms with Crippen LogP contribution in [0.4, 0.5) is 10.5 Å². The van der Waals surface area contributed by atoms with E-state index in [1.165, 1.54) is 5.39 Å². The number of para-hydroxylation sites is 3. The fourth-order valence-electron chi connectivity index (χ4n) is 5.01. The molecule has 2 heterocycles. The second kappa shape index (κ2) is 9.95. The smallest absolute Gasteiger partial charge is 0.336 e. The molecule has 4 aromatic carbocycles. The molecule has 7 nitrogen and oxygen atoms in total. The zero-order chi connectivity index (χ0) is 26.9. The Morgan fingerprint density at radius 1 is 0.846 bits per heavy atom. The van der Waals surface area contributed by atoms with Gasteiger partial charge in [-0.15, -0.1) is 0 Å². The van der Waals surface area contributed by atoms with Crippen molar-refractivity contribution in [2.45, 2.75) is 13.5 Å². The third-order valence-electron chi connectivity index (χ3n) is 6.79. The second-order valence-electron chi connectivity index (χ2n) is 9.27. The Kier molecular flexibility index (Phi) is 6.17. The van der Waals surface area contributed by atoms with Crippen LogP contribution in [0.2, 0.25) is 0 Å². The van der Waals surface area contributed by atoms with Crippen LogP contribution in [0.3, 0.4) is 0 Å². The van der Waals surface area contributed by atoms with Gasteiger partial charge < -0.3 is 9.30 Å². The highest BCUT2D eigenvalue weighted by atomic mass is 16.5. The Morgan fingerprint density at radius 2 is 1.59 bits per heavy atom. The molecule has 192 valence electrons. The highest BCUT2D eigenvalue weighted by molar-refractivity contribution is 6.39. The van der Waals surface area contributed by atoms with Gasteiger partial charge >= 0.3 is 6.03 Å². The molecule has 4 amide bonds. The van der Waals surface area contributed by atoms with Gasteiger partial charge in [0.15, 0.2) is 0 Å². The summed E-state index contributed by atoms with van der Waals surface area (Å²) in [6, 6.07) is 28.4. The lowest BCUT2D eigenvalue weighted by Crippen LogP contribution is -2.54. The molecule has 1 aliphatic rings. The normalized spacial score (nSPS) is 14.8. The van der Waals surface area contributed by atoms with Crippen LogP contribution >= 0.6 is 0 Å². The summed E-state index contributed by atoms with van der Waals surface area (Å²) in [6.07, 6.45) is 3.49. The number of barbiturate groups is 1. The van der Waals surface area contributed by atoms with Crippen molar-refractivity contribution in [3.63, 3.8) is 0 Å². The Hall–Kier alpha value is -5.17. The van der Waals surface area contributed by atoms with Crippen molar-refractivity contribution in [1.82, 2.24) is 9.88 Å². The predicted octanol–water partition coefficient (Wildman–Crippen LogP) is 5.91. The fraction of sp³-hybridized carbons (Fsp3) is 0.0938. The molecule has 0 saturated carbocycles. The molecular weight excluding hydrogens is 490 g/mol. The Bertz CT molecular complexity index is 1800. The lowest BCUT2D eigenvalue weighted by Gasteiger charge is -2.27.